The summed E-state index contributed by atoms with van der Waals surface area (Å²) < 4.78 is 16.9. The number of hydrogen-bond acceptors (Lipinski definition) is 6. The van der Waals surface area contributed by atoms with Crippen molar-refractivity contribution in [1.82, 2.24) is 0 Å². The first-order chi connectivity index (χ1) is 34.0. The molecule has 0 radical (unpaired) electrons. The molecule has 0 aromatic rings. The molecule has 0 heterocycles. The SMILES string of the molecule is CCCCCCCCCCCCCCCCCCCCCCC(=O)OCC(COC(=O)CCCCCCCCCCCCCCCCC)OC(=O)CCCCCCCCCCCCCCCCCC. The van der Waals surface area contributed by atoms with Gasteiger partial charge in [0.1, 0.15) is 13.2 Å². The summed E-state index contributed by atoms with van der Waals surface area (Å²) in [5, 5.41) is 0. The van der Waals surface area contributed by atoms with Gasteiger partial charge in [-0.2, -0.15) is 0 Å². The summed E-state index contributed by atoms with van der Waals surface area (Å²) in [7, 11) is 0. The molecule has 0 aliphatic heterocycles. The van der Waals surface area contributed by atoms with Gasteiger partial charge in [-0.1, -0.05) is 329 Å². The van der Waals surface area contributed by atoms with Crippen molar-refractivity contribution in [2.45, 2.75) is 374 Å². The summed E-state index contributed by atoms with van der Waals surface area (Å²) in [6, 6.07) is 0. The Morgan fingerprint density at radius 1 is 0.232 bits per heavy atom. The van der Waals surface area contributed by atoms with Crippen LogP contribution < -0.4 is 0 Å². The van der Waals surface area contributed by atoms with E-state index in [9.17, 15) is 14.4 Å². The van der Waals surface area contributed by atoms with Gasteiger partial charge in [0.15, 0.2) is 6.10 Å². The Bertz CT molecular complexity index is 1030. The van der Waals surface area contributed by atoms with Crippen LogP contribution in [-0.4, -0.2) is 37.2 Å². The minimum Gasteiger partial charge on any atom is -0.462 e. The molecular weight excluding hydrogens is 853 g/mol. The van der Waals surface area contributed by atoms with E-state index in [1.54, 1.807) is 0 Å². The summed E-state index contributed by atoms with van der Waals surface area (Å²) in [6.45, 7) is 6.73. The Balaban J connectivity index is 4.26. The van der Waals surface area contributed by atoms with Crippen molar-refractivity contribution in [3.63, 3.8) is 0 Å². The van der Waals surface area contributed by atoms with Crippen LogP contribution in [0.25, 0.3) is 0 Å². The molecular formula is C63H122O6. The minimum atomic E-state index is -0.762. The average Bonchev–Trinajstić information content (AvgIpc) is 3.35. The van der Waals surface area contributed by atoms with E-state index in [1.807, 2.05) is 0 Å². The molecule has 0 amide bonds. The van der Waals surface area contributed by atoms with E-state index in [0.717, 1.165) is 57.8 Å². The first kappa shape index (κ1) is 67.4. The number of unbranched alkanes of at least 4 members (excludes halogenated alkanes) is 48. The number of carbonyl (C=O) groups excluding carboxylic acids is 3. The molecule has 0 fully saturated rings. The summed E-state index contributed by atoms with van der Waals surface area (Å²) >= 11 is 0. The zero-order chi connectivity index (χ0) is 50.0. The van der Waals surface area contributed by atoms with E-state index < -0.39 is 6.10 Å². The maximum Gasteiger partial charge on any atom is 0.306 e. The molecule has 0 aromatic heterocycles. The Morgan fingerprint density at radius 3 is 0.580 bits per heavy atom. The third-order valence-corrected chi connectivity index (χ3v) is 14.6. The standard InChI is InChI=1S/C63H122O6/c1-4-7-10-13-16-19-22-25-28-30-31-32-33-36-38-41-44-47-50-53-56-62(65)68-59-60(58-67-61(64)55-52-49-46-43-40-37-34-27-24-21-18-15-12-9-6-3)69-63(66)57-54-51-48-45-42-39-35-29-26-23-20-17-14-11-8-5-2/h60H,4-59H2,1-3H3. The number of ether oxygens (including phenoxy) is 3. The van der Waals surface area contributed by atoms with E-state index in [1.165, 1.54) is 270 Å². The Labute approximate surface area is 431 Å². The minimum absolute atomic E-state index is 0.0606. The van der Waals surface area contributed by atoms with Crippen molar-refractivity contribution in [2.75, 3.05) is 13.2 Å². The van der Waals surface area contributed by atoms with Crippen LogP contribution in [0.2, 0.25) is 0 Å². The molecule has 6 nitrogen and oxygen atoms in total. The molecule has 0 N–H and O–H groups in total. The fraction of sp³-hybridized carbons (Fsp3) is 0.952. The molecule has 410 valence electrons. The lowest BCUT2D eigenvalue weighted by atomic mass is 10.0. The Kier molecular flexibility index (Phi) is 57.6. The molecule has 0 aromatic carbocycles. The van der Waals surface area contributed by atoms with Crippen LogP contribution in [0.3, 0.4) is 0 Å². The summed E-state index contributed by atoms with van der Waals surface area (Å²) in [5.74, 6) is -0.825. The second-order valence-electron chi connectivity index (χ2n) is 21.7. The molecule has 0 aliphatic rings. The second kappa shape index (κ2) is 59.0. The number of esters is 3. The van der Waals surface area contributed by atoms with E-state index in [4.69, 9.17) is 14.2 Å². The van der Waals surface area contributed by atoms with Gasteiger partial charge in [0.25, 0.3) is 0 Å². The molecule has 1 atom stereocenters. The molecule has 0 saturated heterocycles. The largest absolute Gasteiger partial charge is 0.462 e. The third kappa shape index (κ3) is 57.2. The molecule has 6 heteroatoms. The smallest absolute Gasteiger partial charge is 0.306 e. The highest BCUT2D eigenvalue weighted by atomic mass is 16.6. The third-order valence-electron chi connectivity index (χ3n) is 14.6. The van der Waals surface area contributed by atoms with Gasteiger partial charge in [-0.05, 0) is 19.3 Å². The highest BCUT2D eigenvalue weighted by molar-refractivity contribution is 5.71. The topological polar surface area (TPSA) is 78.9 Å². The first-order valence-corrected chi connectivity index (χ1v) is 31.5. The number of hydrogen-bond donors (Lipinski definition) is 0. The predicted molar refractivity (Wildman–Crippen MR) is 298 cm³/mol. The van der Waals surface area contributed by atoms with Crippen LogP contribution >= 0.6 is 0 Å². The van der Waals surface area contributed by atoms with E-state index in [2.05, 4.69) is 20.8 Å². The zero-order valence-corrected chi connectivity index (χ0v) is 47.1. The van der Waals surface area contributed by atoms with Crippen LogP contribution in [0.1, 0.15) is 367 Å². The maximum atomic E-state index is 12.9. The molecule has 1 unspecified atom stereocenters. The summed E-state index contributed by atoms with van der Waals surface area (Å²) in [4.78, 5) is 38.3. The normalized spacial score (nSPS) is 11.9. The fourth-order valence-corrected chi connectivity index (χ4v) is 9.86. The Morgan fingerprint density at radius 2 is 0.391 bits per heavy atom. The lowest BCUT2D eigenvalue weighted by Crippen LogP contribution is -2.30. The van der Waals surface area contributed by atoms with Gasteiger partial charge in [0.05, 0.1) is 0 Å². The predicted octanol–water partition coefficient (Wildman–Crippen LogP) is 21.1. The lowest BCUT2D eigenvalue weighted by molar-refractivity contribution is -0.167. The van der Waals surface area contributed by atoms with Gasteiger partial charge in [-0.3, -0.25) is 14.4 Å². The summed E-state index contributed by atoms with van der Waals surface area (Å²) in [6.07, 6.45) is 66.7. The van der Waals surface area contributed by atoms with Gasteiger partial charge in [-0.25, -0.2) is 0 Å². The van der Waals surface area contributed by atoms with Crippen molar-refractivity contribution in [1.29, 1.82) is 0 Å². The van der Waals surface area contributed by atoms with Crippen molar-refractivity contribution < 1.29 is 28.6 Å². The van der Waals surface area contributed by atoms with Gasteiger partial charge in [0, 0.05) is 19.3 Å². The first-order valence-electron chi connectivity index (χ1n) is 31.5. The molecule has 0 saturated carbocycles. The van der Waals surface area contributed by atoms with Crippen LogP contribution in [-0.2, 0) is 28.6 Å². The lowest BCUT2D eigenvalue weighted by Gasteiger charge is -2.18. The molecule has 0 rings (SSSR count). The van der Waals surface area contributed by atoms with Crippen molar-refractivity contribution in [2.24, 2.45) is 0 Å². The van der Waals surface area contributed by atoms with E-state index in [-0.39, 0.29) is 31.1 Å². The second-order valence-corrected chi connectivity index (χ2v) is 21.7. The van der Waals surface area contributed by atoms with E-state index >= 15 is 0 Å². The van der Waals surface area contributed by atoms with Gasteiger partial charge >= 0.3 is 17.9 Å². The van der Waals surface area contributed by atoms with Crippen molar-refractivity contribution in [3.8, 4) is 0 Å². The summed E-state index contributed by atoms with van der Waals surface area (Å²) in [5.41, 5.74) is 0. The van der Waals surface area contributed by atoms with Crippen LogP contribution in [0.15, 0.2) is 0 Å². The Hall–Kier alpha value is -1.59. The number of rotatable bonds is 59. The van der Waals surface area contributed by atoms with Gasteiger partial charge in [0.2, 0.25) is 0 Å². The highest BCUT2D eigenvalue weighted by Gasteiger charge is 2.19. The fourth-order valence-electron chi connectivity index (χ4n) is 9.86. The average molecular weight is 976 g/mol. The number of carbonyl (C=O) groups is 3. The highest BCUT2D eigenvalue weighted by Crippen LogP contribution is 2.18. The molecule has 0 spiro atoms. The maximum absolute atomic E-state index is 12.9. The van der Waals surface area contributed by atoms with Gasteiger partial charge in [-0.15, -0.1) is 0 Å². The van der Waals surface area contributed by atoms with Crippen LogP contribution in [0.4, 0.5) is 0 Å². The van der Waals surface area contributed by atoms with E-state index in [0.29, 0.717) is 19.3 Å². The van der Waals surface area contributed by atoms with Crippen molar-refractivity contribution in [3.05, 3.63) is 0 Å². The molecule has 0 bridgehead atoms. The van der Waals surface area contributed by atoms with Crippen LogP contribution in [0.5, 0.6) is 0 Å². The molecule has 0 aliphatic carbocycles. The van der Waals surface area contributed by atoms with Gasteiger partial charge < -0.3 is 14.2 Å². The van der Waals surface area contributed by atoms with Crippen molar-refractivity contribution >= 4 is 17.9 Å². The zero-order valence-electron chi connectivity index (χ0n) is 47.1. The quantitative estimate of drug-likeness (QED) is 0.0343. The molecule has 69 heavy (non-hydrogen) atoms. The van der Waals surface area contributed by atoms with Crippen LogP contribution in [0, 0.1) is 0 Å². The monoisotopic (exact) mass is 975 g/mol.